The third-order valence-electron chi connectivity index (χ3n) is 11.0. The monoisotopic (exact) mass is 718 g/mol. The zero-order valence-electron chi connectivity index (χ0n) is 30.3. The summed E-state index contributed by atoms with van der Waals surface area (Å²) in [6.45, 7) is 0. The van der Waals surface area contributed by atoms with Crippen molar-refractivity contribution in [2.75, 3.05) is 0 Å². The molecule has 0 bridgehead atoms. The van der Waals surface area contributed by atoms with Gasteiger partial charge in [-0.25, -0.2) is 15.0 Å². The van der Waals surface area contributed by atoms with Crippen LogP contribution in [0.1, 0.15) is 28.8 Å². The predicted octanol–water partition coefficient (Wildman–Crippen LogP) is 12.4. The van der Waals surface area contributed by atoms with Crippen molar-refractivity contribution in [2.45, 2.75) is 12.0 Å². The van der Waals surface area contributed by atoms with Crippen molar-refractivity contribution in [1.29, 1.82) is 0 Å². The Morgan fingerprint density at radius 2 is 1.00 bits per heavy atom. The van der Waals surface area contributed by atoms with Gasteiger partial charge in [0.25, 0.3) is 0 Å². The Balaban J connectivity index is 1.07. The van der Waals surface area contributed by atoms with Crippen LogP contribution in [0.5, 0.6) is 5.75 Å². The molecule has 0 fully saturated rings. The lowest BCUT2D eigenvalue weighted by Gasteiger charge is -2.22. The first kappa shape index (κ1) is 32.1. The van der Waals surface area contributed by atoms with Crippen molar-refractivity contribution in [3.05, 3.63) is 205 Å². The molecule has 0 saturated carbocycles. The van der Waals surface area contributed by atoms with Crippen LogP contribution in [0.15, 0.2) is 188 Å². The first-order valence-electron chi connectivity index (χ1n) is 19.0. The molecule has 0 radical (unpaired) electrons. The van der Waals surface area contributed by atoms with Gasteiger partial charge in [0.15, 0.2) is 17.5 Å². The van der Waals surface area contributed by atoms with Gasteiger partial charge in [0.2, 0.25) is 0 Å². The molecule has 2 unspecified atom stereocenters. The molecule has 1 aliphatic heterocycles. The fourth-order valence-corrected chi connectivity index (χ4v) is 8.42. The van der Waals surface area contributed by atoms with E-state index in [1.54, 1.807) is 0 Å². The third kappa shape index (κ3) is 5.36. The highest BCUT2D eigenvalue weighted by atomic mass is 16.5. The molecule has 2 atom stereocenters. The Morgan fingerprint density at radius 1 is 0.464 bits per heavy atom. The van der Waals surface area contributed by atoms with Gasteiger partial charge in [-0.3, -0.25) is 0 Å². The topological polar surface area (TPSA) is 52.8 Å². The quantitative estimate of drug-likeness (QED) is 0.172. The van der Waals surface area contributed by atoms with Crippen LogP contribution in [0.4, 0.5) is 0 Å². The van der Waals surface area contributed by atoms with Crippen molar-refractivity contribution in [2.24, 2.45) is 0 Å². The first-order chi connectivity index (χ1) is 27.8. The van der Waals surface area contributed by atoms with Crippen molar-refractivity contribution in [1.82, 2.24) is 19.5 Å². The SMILES string of the molecule is C1=CC2c3cccc(-c4nc(-c5ccccc5)nc(-c5ccccc5)n4)c3OC2c2c1n(-c1cc(-c3ccccc3)cc(-c3ccccc3)c1)c1ccccc21. The predicted molar refractivity (Wildman–Crippen MR) is 225 cm³/mol. The molecule has 5 heteroatoms. The van der Waals surface area contributed by atoms with Gasteiger partial charge in [-0.05, 0) is 58.7 Å². The van der Waals surface area contributed by atoms with E-state index < -0.39 is 0 Å². The lowest BCUT2D eigenvalue weighted by molar-refractivity contribution is 0.225. The first-order valence-corrected chi connectivity index (χ1v) is 19.0. The highest BCUT2D eigenvalue weighted by molar-refractivity contribution is 5.93. The molecule has 1 aliphatic carbocycles. The van der Waals surface area contributed by atoms with Gasteiger partial charge in [-0.1, -0.05) is 158 Å². The van der Waals surface area contributed by atoms with Crippen molar-refractivity contribution < 1.29 is 4.74 Å². The zero-order valence-corrected chi connectivity index (χ0v) is 30.3. The molecule has 11 rings (SSSR count). The van der Waals surface area contributed by atoms with E-state index in [9.17, 15) is 0 Å². The van der Waals surface area contributed by atoms with E-state index in [2.05, 4.69) is 138 Å². The second kappa shape index (κ2) is 13.2. The molecular weight excluding hydrogens is 685 g/mol. The van der Waals surface area contributed by atoms with Crippen molar-refractivity contribution >= 4 is 17.0 Å². The van der Waals surface area contributed by atoms with E-state index >= 15 is 0 Å². The fraction of sp³-hybridized carbons (Fsp3) is 0.0392. The number of fused-ring (bicyclic) bond motifs is 7. The van der Waals surface area contributed by atoms with Gasteiger partial charge in [0.05, 0.1) is 16.8 Å². The number of hydrogen-bond acceptors (Lipinski definition) is 4. The number of aromatic nitrogens is 4. The summed E-state index contributed by atoms with van der Waals surface area (Å²) >= 11 is 0. The van der Waals surface area contributed by atoms with E-state index in [0.29, 0.717) is 17.5 Å². The van der Waals surface area contributed by atoms with Crippen molar-refractivity contribution in [3.63, 3.8) is 0 Å². The second-order valence-corrected chi connectivity index (χ2v) is 14.3. The average molecular weight is 719 g/mol. The van der Waals surface area contributed by atoms with Crippen LogP contribution in [-0.2, 0) is 0 Å². The summed E-state index contributed by atoms with van der Waals surface area (Å²) in [5, 5.41) is 1.18. The summed E-state index contributed by atoms with van der Waals surface area (Å²) in [6, 6.07) is 63.5. The lowest BCUT2D eigenvalue weighted by Crippen LogP contribution is -2.13. The maximum absolute atomic E-state index is 7.19. The summed E-state index contributed by atoms with van der Waals surface area (Å²) in [5.41, 5.74) is 13.1. The third-order valence-corrected chi connectivity index (χ3v) is 11.0. The van der Waals surface area contributed by atoms with Crippen LogP contribution < -0.4 is 4.74 Å². The molecule has 2 aliphatic rings. The number of rotatable bonds is 6. The molecule has 3 heterocycles. The maximum atomic E-state index is 7.19. The average Bonchev–Trinajstić information content (AvgIpc) is 3.83. The molecule has 0 N–H and O–H groups in total. The number of ether oxygens (including phenoxy) is 1. The van der Waals surface area contributed by atoms with E-state index in [4.69, 9.17) is 19.7 Å². The molecule has 0 amide bonds. The molecule has 7 aromatic carbocycles. The zero-order chi connectivity index (χ0) is 37.0. The Hall–Kier alpha value is -7.37. The standard InChI is InChI=1S/C51H34N4O/c1-5-16-33(17-6-1)37-30-38(34-18-7-2-8-19-34)32-39(31-37)55-44-27-14-13-24-42(44)46-45(55)29-28-41-40-25-15-26-43(47(40)56-48(41)46)51-53-49(35-20-9-3-10-21-35)52-50(54-51)36-22-11-4-12-23-36/h1-32,41,48H. The van der Waals surface area contributed by atoms with Crippen LogP contribution in [0.2, 0.25) is 0 Å². The van der Waals surface area contributed by atoms with E-state index in [1.807, 2.05) is 60.7 Å². The van der Waals surface area contributed by atoms with E-state index in [1.165, 1.54) is 33.2 Å². The summed E-state index contributed by atoms with van der Waals surface area (Å²) in [6.07, 6.45) is 4.38. The smallest absolute Gasteiger partial charge is 0.167 e. The Labute approximate surface area is 324 Å². The summed E-state index contributed by atoms with van der Waals surface area (Å²) in [5.74, 6) is 2.68. The van der Waals surface area contributed by atoms with Crippen LogP contribution in [0.25, 0.3) is 79.1 Å². The molecule has 5 nitrogen and oxygen atoms in total. The maximum Gasteiger partial charge on any atom is 0.167 e. The van der Waals surface area contributed by atoms with Gasteiger partial charge in [-0.15, -0.1) is 0 Å². The minimum absolute atomic E-state index is 0.0243. The van der Waals surface area contributed by atoms with E-state index in [-0.39, 0.29) is 12.0 Å². The van der Waals surface area contributed by atoms with Gasteiger partial charge >= 0.3 is 0 Å². The van der Waals surface area contributed by atoms with Crippen molar-refractivity contribution in [3.8, 4) is 67.9 Å². The fourth-order valence-electron chi connectivity index (χ4n) is 8.42. The lowest BCUT2D eigenvalue weighted by atomic mass is 9.85. The van der Waals surface area contributed by atoms with Crippen LogP contribution in [0.3, 0.4) is 0 Å². The minimum atomic E-state index is -0.229. The van der Waals surface area contributed by atoms with Crippen LogP contribution in [0, 0.1) is 0 Å². The summed E-state index contributed by atoms with van der Waals surface area (Å²) in [4.78, 5) is 15.1. The number of nitrogens with zero attached hydrogens (tertiary/aromatic N) is 4. The summed E-state index contributed by atoms with van der Waals surface area (Å²) in [7, 11) is 0. The van der Waals surface area contributed by atoms with Gasteiger partial charge in [-0.2, -0.15) is 0 Å². The number of benzene rings is 7. The highest BCUT2D eigenvalue weighted by Gasteiger charge is 2.41. The molecular formula is C51H34N4O. The Morgan fingerprint density at radius 3 is 1.61 bits per heavy atom. The van der Waals surface area contributed by atoms with Crippen LogP contribution >= 0.6 is 0 Å². The largest absolute Gasteiger partial charge is 0.484 e. The number of hydrogen-bond donors (Lipinski definition) is 0. The van der Waals surface area contributed by atoms with Crippen LogP contribution in [-0.4, -0.2) is 19.5 Å². The molecule has 264 valence electrons. The molecule has 9 aromatic rings. The minimum Gasteiger partial charge on any atom is -0.484 e. The van der Waals surface area contributed by atoms with Gasteiger partial charge < -0.3 is 9.30 Å². The molecule has 0 spiro atoms. The molecule has 2 aromatic heterocycles. The molecule has 0 saturated heterocycles. The van der Waals surface area contributed by atoms with Gasteiger partial charge in [0, 0.05) is 39.2 Å². The Bertz CT molecular complexity index is 2820. The highest BCUT2D eigenvalue weighted by Crippen LogP contribution is 2.55. The molecule has 56 heavy (non-hydrogen) atoms. The van der Waals surface area contributed by atoms with E-state index in [0.717, 1.165) is 44.9 Å². The second-order valence-electron chi connectivity index (χ2n) is 14.3. The number of para-hydroxylation sites is 2. The Kier molecular flexibility index (Phi) is 7.56. The summed E-state index contributed by atoms with van der Waals surface area (Å²) < 4.78 is 9.60. The van der Waals surface area contributed by atoms with Gasteiger partial charge in [0.1, 0.15) is 11.9 Å². The normalized spacial score (nSPS) is 15.2.